The molecule has 96 valence electrons. The van der Waals surface area contributed by atoms with Crippen LogP contribution in [0, 0.1) is 0 Å². The lowest BCUT2D eigenvalue weighted by Crippen LogP contribution is -2.31. The zero-order valence-electron chi connectivity index (χ0n) is 9.54. The molecule has 2 heterocycles. The molecular weight excluding hydrogens is 262 g/mol. The van der Waals surface area contributed by atoms with E-state index >= 15 is 0 Å². The third-order valence-corrected chi connectivity index (χ3v) is 2.35. The number of aromatic nitrogens is 5. The average molecular weight is 272 g/mol. The average Bonchev–Trinajstić information content (AvgIpc) is 2.78. The molecule has 0 amide bonds. The van der Waals surface area contributed by atoms with Crippen LogP contribution in [0.1, 0.15) is 17.3 Å². The molecule has 0 fully saturated rings. The van der Waals surface area contributed by atoms with Gasteiger partial charge in [-0.15, -0.1) is 16.7 Å². The first-order chi connectivity index (χ1) is 8.69. The summed E-state index contributed by atoms with van der Waals surface area (Å²) in [6, 6.07) is 0. The third-order valence-electron chi connectivity index (χ3n) is 2.18. The normalized spacial score (nSPS) is 10.8. The standard InChI is InChI=1S/C9H10ClN5O3/c1-2-18-8(16)6-5-11-15-7(6)12-13-14(4-3-10)9(15)17/h5H,2-4H2,1H3. The number of fused-ring (bicyclic) bond motifs is 1. The van der Waals surface area contributed by atoms with Crippen LogP contribution >= 0.6 is 11.6 Å². The molecule has 2 rings (SSSR count). The minimum Gasteiger partial charge on any atom is -0.462 e. The topological polar surface area (TPSA) is 91.4 Å². The van der Waals surface area contributed by atoms with E-state index in [1.54, 1.807) is 6.92 Å². The Labute approximate surface area is 106 Å². The van der Waals surface area contributed by atoms with Gasteiger partial charge in [-0.1, -0.05) is 5.21 Å². The Morgan fingerprint density at radius 3 is 3.00 bits per heavy atom. The Hall–Kier alpha value is -1.96. The van der Waals surface area contributed by atoms with E-state index in [1.807, 2.05) is 0 Å². The number of hydrogen-bond donors (Lipinski definition) is 0. The highest BCUT2D eigenvalue weighted by molar-refractivity contribution is 6.17. The highest BCUT2D eigenvalue weighted by Crippen LogP contribution is 2.06. The molecule has 0 atom stereocenters. The SMILES string of the molecule is CCOC(=O)c1cnn2c(=O)n(CCCl)nnc12. The molecule has 8 nitrogen and oxygen atoms in total. The summed E-state index contributed by atoms with van der Waals surface area (Å²) < 4.78 is 6.89. The predicted octanol–water partition coefficient (Wildman–Crippen LogP) is -0.299. The number of ether oxygens (including phenoxy) is 1. The van der Waals surface area contributed by atoms with E-state index in [1.165, 1.54) is 6.20 Å². The molecule has 0 saturated carbocycles. The molecule has 0 radical (unpaired) electrons. The quantitative estimate of drug-likeness (QED) is 0.560. The molecule has 0 aliphatic rings. The fourth-order valence-electron chi connectivity index (χ4n) is 1.40. The Kier molecular flexibility index (Phi) is 3.56. The van der Waals surface area contributed by atoms with Crippen molar-refractivity contribution in [1.29, 1.82) is 0 Å². The summed E-state index contributed by atoms with van der Waals surface area (Å²) in [4.78, 5) is 23.4. The molecule has 0 N–H and O–H groups in total. The van der Waals surface area contributed by atoms with Crippen LogP contribution in [0.15, 0.2) is 11.0 Å². The predicted molar refractivity (Wildman–Crippen MR) is 61.7 cm³/mol. The van der Waals surface area contributed by atoms with E-state index < -0.39 is 11.7 Å². The van der Waals surface area contributed by atoms with Crippen LogP contribution in [0.25, 0.3) is 5.65 Å². The van der Waals surface area contributed by atoms with Crippen molar-refractivity contribution in [2.45, 2.75) is 13.5 Å². The van der Waals surface area contributed by atoms with Gasteiger partial charge < -0.3 is 4.74 Å². The monoisotopic (exact) mass is 271 g/mol. The van der Waals surface area contributed by atoms with Crippen molar-refractivity contribution in [2.75, 3.05) is 12.5 Å². The lowest BCUT2D eigenvalue weighted by Gasteiger charge is -2.01. The second-order valence-electron chi connectivity index (χ2n) is 3.30. The number of carbonyl (C=O) groups excluding carboxylic acids is 1. The van der Waals surface area contributed by atoms with Crippen molar-refractivity contribution in [3.8, 4) is 0 Å². The molecule has 2 aromatic heterocycles. The van der Waals surface area contributed by atoms with Crippen LogP contribution in [-0.2, 0) is 11.3 Å². The summed E-state index contributed by atoms with van der Waals surface area (Å²) in [5, 5.41) is 11.3. The second kappa shape index (κ2) is 5.13. The van der Waals surface area contributed by atoms with Gasteiger partial charge in [0, 0.05) is 5.88 Å². The van der Waals surface area contributed by atoms with Crippen molar-refractivity contribution in [2.24, 2.45) is 0 Å². The number of aryl methyl sites for hydroxylation is 1. The summed E-state index contributed by atoms with van der Waals surface area (Å²) in [7, 11) is 0. The Bertz CT molecular complexity index is 635. The second-order valence-corrected chi connectivity index (χ2v) is 3.68. The van der Waals surface area contributed by atoms with Gasteiger partial charge in [0.1, 0.15) is 5.56 Å². The third kappa shape index (κ3) is 2.06. The molecule has 0 unspecified atom stereocenters. The Balaban J connectivity index is 2.53. The van der Waals surface area contributed by atoms with Crippen LogP contribution < -0.4 is 5.69 Å². The Morgan fingerprint density at radius 1 is 1.56 bits per heavy atom. The lowest BCUT2D eigenvalue weighted by atomic mass is 10.3. The largest absolute Gasteiger partial charge is 0.462 e. The van der Waals surface area contributed by atoms with Gasteiger partial charge in [0.2, 0.25) is 0 Å². The molecule has 0 saturated heterocycles. The van der Waals surface area contributed by atoms with Gasteiger partial charge in [0.15, 0.2) is 5.65 Å². The number of esters is 1. The summed E-state index contributed by atoms with van der Waals surface area (Å²) in [5.41, 5.74) is -0.319. The van der Waals surface area contributed by atoms with Crippen LogP contribution in [0.5, 0.6) is 0 Å². The van der Waals surface area contributed by atoms with Crippen molar-refractivity contribution in [3.05, 3.63) is 22.2 Å². The van der Waals surface area contributed by atoms with Crippen molar-refractivity contribution < 1.29 is 9.53 Å². The fraction of sp³-hybridized carbons (Fsp3) is 0.444. The summed E-state index contributed by atoms with van der Waals surface area (Å²) in [6.07, 6.45) is 1.23. The molecule has 0 aliphatic carbocycles. The number of halogens is 1. The van der Waals surface area contributed by atoms with Crippen molar-refractivity contribution >= 4 is 23.2 Å². The van der Waals surface area contributed by atoms with Gasteiger partial charge in [-0.05, 0) is 6.92 Å². The van der Waals surface area contributed by atoms with E-state index in [2.05, 4.69) is 15.4 Å². The Morgan fingerprint density at radius 2 is 2.33 bits per heavy atom. The maximum absolute atomic E-state index is 11.9. The lowest BCUT2D eigenvalue weighted by molar-refractivity contribution is 0.0528. The van der Waals surface area contributed by atoms with Gasteiger partial charge >= 0.3 is 11.7 Å². The number of rotatable bonds is 4. The molecule has 18 heavy (non-hydrogen) atoms. The van der Waals surface area contributed by atoms with Gasteiger partial charge in [-0.3, -0.25) is 0 Å². The maximum Gasteiger partial charge on any atom is 0.368 e. The highest BCUT2D eigenvalue weighted by atomic mass is 35.5. The van der Waals surface area contributed by atoms with E-state index in [4.69, 9.17) is 16.3 Å². The molecule has 2 aromatic rings. The summed E-state index contributed by atoms with van der Waals surface area (Å²) in [6.45, 7) is 2.13. The summed E-state index contributed by atoms with van der Waals surface area (Å²) in [5.74, 6) is -0.358. The number of carbonyl (C=O) groups is 1. The first kappa shape index (κ1) is 12.5. The molecule has 0 spiro atoms. The molecule has 0 aliphatic heterocycles. The first-order valence-corrected chi connectivity index (χ1v) is 5.77. The minimum atomic E-state index is -0.587. The number of hydrogen-bond acceptors (Lipinski definition) is 6. The summed E-state index contributed by atoms with van der Waals surface area (Å²) >= 11 is 5.52. The van der Waals surface area contributed by atoms with E-state index in [0.717, 1.165) is 9.20 Å². The molecular formula is C9H10ClN5O3. The van der Waals surface area contributed by atoms with Crippen LogP contribution in [0.4, 0.5) is 0 Å². The van der Waals surface area contributed by atoms with Crippen molar-refractivity contribution in [3.63, 3.8) is 0 Å². The van der Waals surface area contributed by atoms with E-state index in [9.17, 15) is 9.59 Å². The first-order valence-electron chi connectivity index (χ1n) is 5.23. The molecule has 0 bridgehead atoms. The zero-order valence-corrected chi connectivity index (χ0v) is 10.3. The maximum atomic E-state index is 11.9. The zero-order chi connectivity index (χ0) is 13.1. The van der Waals surface area contributed by atoms with Crippen LogP contribution in [-0.4, -0.2) is 43.1 Å². The molecule has 0 aromatic carbocycles. The van der Waals surface area contributed by atoms with Gasteiger partial charge in [-0.2, -0.15) is 14.3 Å². The minimum absolute atomic E-state index is 0.0734. The van der Waals surface area contributed by atoms with E-state index in [0.29, 0.717) is 0 Å². The van der Waals surface area contributed by atoms with Gasteiger partial charge in [0.05, 0.1) is 19.3 Å². The smallest absolute Gasteiger partial charge is 0.368 e. The molecule has 9 heteroatoms. The number of nitrogens with zero attached hydrogens (tertiary/aromatic N) is 5. The van der Waals surface area contributed by atoms with Crippen LogP contribution in [0.3, 0.4) is 0 Å². The van der Waals surface area contributed by atoms with Gasteiger partial charge in [0.25, 0.3) is 0 Å². The fourth-order valence-corrected chi connectivity index (χ4v) is 1.56. The van der Waals surface area contributed by atoms with Crippen LogP contribution in [0.2, 0.25) is 0 Å². The van der Waals surface area contributed by atoms with E-state index in [-0.39, 0.29) is 30.2 Å². The van der Waals surface area contributed by atoms with Gasteiger partial charge in [-0.25, -0.2) is 9.59 Å². The van der Waals surface area contributed by atoms with Crippen molar-refractivity contribution in [1.82, 2.24) is 24.6 Å². The number of alkyl halides is 1. The highest BCUT2D eigenvalue weighted by Gasteiger charge is 2.17.